The number of rotatable bonds is 6. The molecule has 8 heteroatoms. The number of nitrogens with two attached hydrogens (primary N) is 1. The first-order valence-electron chi connectivity index (χ1n) is 9.30. The molecule has 0 saturated carbocycles. The van der Waals surface area contributed by atoms with Crippen LogP contribution in [0.15, 0.2) is 30.3 Å². The fraction of sp³-hybridized carbons (Fsp3) is 0.579. The molecule has 2 aliphatic rings. The van der Waals surface area contributed by atoms with Gasteiger partial charge in [0.2, 0.25) is 5.91 Å². The van der Waals surface area contributed by atoms with Crippen LogP contribution >= 0.6 is 0 Å². The molecule has 2 fully saturated rings. The number of benzene rings is 1. The number of hydrogen-bond acceptors (Lipinski definition) is 6. The Hall–Kier alpha value is -2.00. The first-order valence-corrected chi connectivity index (χ1v) is 9.30. The van der Waals surface area contributed by atoms with E-state index in [2.05, 4.69) is 0 Å². The van der Waals surface area contributed by atoms with Crippen molar-refractivity contribution >= 4 is 11.8 Å². The summed E-state index contributed by atoms with van der Waals surface area (Å²) in [6, 6.07) is 7.85. The maximum atomic E-state index is 12.9. The maximum Gasteiger partial charge on any atom is 0.253 e. The molecule has 0 aromatic heterocycles. The van der Waals surface area contributed by atoms with E-state index in [1.807, 2.05) is 35.2 Å². The van der Waals surface area contributed by atoms with E-state index in [0.29, 0.717) is 25.9 Å². The Morgan fingerprint density at radius 2 is 1.85 bits per heavy atom. The number of hydrogen-bond donors (Lipinski definition) is 4. The summed E-state index contributed by atoms with van der Waals surface area (Å²) in [7, 11) is 0. The number of primary amides is 1. The minimum Gasteiger partial charge on any atom is -0.392 e. The third-order valence-corrected chi connectivity index (χ3v) is 5.51. The quantitative estimate of drug-likeness (QED) is 0.476. The van der Waals surface area contributed by atoms with Crippen molar-refractivity contribution in [2.24, 2.45) is 5.73 Å². The Morgan fingerprint density at radius 1 is 1.15 bits per heavy atom. The predicted molar refractivity (Wildman–Crippen MR) is 97.5 cm³/mol. The third-order valence-electron chi connectivity index (χ3n) is 5.51. The van der Waals surface area contributed by atoms with E-state index in [1.165, 1.54) is 4.90 Å². The number of β-amino-alcohol motifs (C(OH)–C–C–N with tert-alkyl or cyclic N) is 1. The van der Waals surface area contributed by atoms with Gasteiger partial charge in [0.05, 0.1) is 12.2 Å². The van der Waals surface area contributed by atoms with Crippen molar-refractivity contribution in [1.29, 1.82) is 0 Å². The van der Waals surface area contributed by atoms with Crippen LogP contribution in [-0.2, 0) is 16.0 Å². The molecule has 0 aliphatic carbocycles. The molecule has 5 N–H and O–H groups in total. The van der Waals surface area contributed by atoms with Crippen LogP contribution in [0.5, 0.6) is 0 Å². The van der Waals surface area contributed by atoms with Crippen molar-refractivity contribution in [3.8, 4) is 0 Å². The Kier molecular flexibility index (Phi) is 6.11. The van der Waals surface area contributed by atoms with Crippen LogP contribution in [0.4, 0.5) is 0 Å². The molecule has 2 heterocycles. The Balaban J connectivity index is 1.80. The summed E-state index contributed by atoms with van der Waals surface area (Å²) in [6.07, 6.45) is -1.63. The van der Waals surface area contributed by atoms with Gasteiger partial charge < -0.3 is 26.0 Å². The summed E-state index contributed by atoms with van der Waals surface area (Å²) in [4.78, 5) is 27.7. The molecule has 3 rings (SSSR count). The van der Waals surface area contributed by atoms with Crippen molar-refractivity contribution in [1.82, 2.24) is 9.80 Å². The summed E-state index contributed by atoms with van der Waals surface area (Å²) in [5, 5.41) is 30.7. The van der Waals surface area contributed by atoms with E-state index in [-0.39, 0.29) is 13.0 Å². The highest BCUT2D eigenvalue weighted by Gasteiger charge is 2.44. The lowest BCUT2D eigenvalue weighted by Gasteiger charge is -2.34. The van der Waals surface area contributed by atoms with Gasteiger partial charge in [-0.1, -0.05) is 30.3 Å². The van der Waals surface area contributed by atoms with Crippen molar-refractivity contribution in [3.63, 3.8) is 0 Å². The first kappa shape index (κ1) is 19.8. The van der Waals surface area contributed by atoms with Crippen LogP contribution in [0.25, 0.3) is 0 Å². The molecule has 1 aromatic rings. The molecule has 8 nitrogen and oxygen atoms in total. The third kappa shape index (κ3) is 4.30. The molecule has 0 spiro atoms. The molecule has 1 aromatic carbocycles. The zero-order chi connectivity index (χ0) is 19.6. The largest absolute Gasteiger partial charge is 0.392 e. The van der Waals surface area contributed by atoms with E-state index in [1.54, 1.807) is 0 Å². The molecule has 2 aliphatic heterocycles. The fourth-order valence-corrected chi connectivity index (χ4v) is 4.07. The monoisotopic (exact) mass is 377 g/mol. The maximum absolute atomic E-state index is 12.9. The van der Waals surface area contributed by atoms with Crippen LogP contribution in [0.3, 0.4) is 0 Å². The van der Waals surface area contributed by atoms with E-state index < -0.39 is 42.2 Å². The van der Waals surface area contributed by atoms with Gasteiger partial charge in [-0.2, -0.15) is 0 Å². The molecule has 0 bridgehead atoms. The number of aliphatic hydroxyl groups excluding tert-OH is 3. The van der Waals surface area contributed by atoms with Crippen molar-refractivity contribution in [2.75, 3.05) is 19.6 Å². The predicted octanol–water partition coefficient (Wildman–Crippen LogP) is -1.53. The fourth-order valence-electron chi connectivity index (χ4n) is 4.07. The average Bonchev–Trinajstić information content (AvgIpc) is 3.25. The molecular formula is C19H27N3O5. The van der Waals surface area contributed by atoms with Gasteiger partial charge >= 0.3 is 0 Å². The van der Waals surface area contributed by atoms with Gasteiger partial charge in [-0.3, -0.25) is 14.5 Å². The van der Waals surface area contributed by atoms with Crippen molar-refractivity contribution < 1.29 is 24.9 Å². The second-order valence-corrected chi connectivity index (χ2v) is 7.37. The highest BCUT2D eigenvalue weighted by atomic mass is 16.3. The second-order valence-electron chi connectivity index (χ2n) is 7.37. The average molecular weight is 377 g/mol. The molecule has 27 heavy (non-hydrogen) atoms. The highest BCUT2D eigenvalue weighted by Crippen LogP contribution is 2.24. The summed E-state index contributed by atoms with van der Waals surface area (Å²) in [5.74, 6) is -1.39. The lowest BCUT2D eigenvalue weighted by molar-refractivity contribution is -0.149. The number of carbonyl (C=O) groups is 2. The minimum atomic E-state index is -1.39. The number of amides is 2. The van der Waals surface area contributed by atoms with Gasteiger partial charge in [-0.15, -0.1) is 0 Å². The minimum absolute atomic E-state index is 0.172. The number of aliphatic hydroxyl groups is 3. The standard InChI is InChI=1S/C19H27N3O5/c20-18(26)16-15(24)7-9-22(16)19(27)17(25)14(21-8-6-13(23)11-21)10-12-4-2-1-3-5-12/h1-5,13-17,23-25H,6-11H2,(H2,20,26)/t13-,14+,15+,16?,17-/m1/s1. The van der Waals surface area contributed by atoms with Gasteiger partial charge in [0.25, 0.3) is 5.91 Å². The SMILES string of the molecule is NC(=O)C1[C@@H](O)CCN1C(=O)[C@H](O)[C@H](Cc1ccccc1)N1CC[C@@H](O)C1. The molecule has 148 valence electrons. The second kappa shape index (κ2) is 8.35. The summed E-state index contributed by atoms with van der Waals surface area (Å²) in [5.41, 5.74) is 6.30. The summed E-state index contributed by atoms with van der Waals surface area (Å²) in [6.45, 7) is 1.12. The lowest BCUT2D eigenvalue weighted by Crippen LogP contribution is -2.56. The van der Waals surface area contributed by atoms with Crippen LogP contribution in [0, 0.1) is 0 Å². The Bertz CT molecular complexity index is 671. The van der Waals surface area contributed by atoms with Gasteiger partial charge in [-0.25, -0.2) is 0 Å². The lowest BCUT2D eigenvalue weighted by atomic mass is 9.98. The summed E-state index contributed by atoms with van der Waals surface area (Å²) < 4.78 is 0. The first-order chi connectivity index (χ1) is 12.9. The number of likely N-dealkylation sites (tertiary alicyclic amines) is 2. The Morgan fingerprint density at radius 3 is 2.44 bits per heavy atom. The molecule has 2 saturated heterocycles. The normalized spacial score (nSPS) is 28.3. The van der Waals surface area contributed by atoms with Crippen LogP contribution < -0.4 is 5.73 Å². The molecular weight excluding hydrogens is 350 g/mol. The van der Waals surface area contributed by atoms with Crippen LogP contribution in [0.1, 0.15) is 18.4 Å². The van der Waals surface area contributed by atoms with E-state index in [0.717, 1.165) is 5.56 Å². The molecule has 2 amide bonds. The zero-order valence-electron chi connectivity index (χ0n) is 15.1. The number of nitrogens with zero attached hydrogens (tertiary/aromatic N) is 2. The van der Waals surface area contributed by atoms with Crippen LogP contribution in [-0.4, -0.2) is 87.0 Å². The molecule has 1 unspecified atom stereocenters. The zero-order valence-corrected chi connectivity index (χ0v) is 15.1. The van der Waals surface area contributed by atoms with E-state index in [9.17, 15) is 24.9 Å². The van der Waals surface area contributed by atoms with Gasteiger partial charge in [0.15, 0.2) is 0 Å². The van der Waals surface area contributed by atoms with Gasteiger partial charge in [0.1, 0.15) is 12.1 Å². The smallest absolute Gasteiger partial charge is 0.253 e. The highest BCUT2D eigenvalue weighted by molar-refractivity contribution is 5.90. The molecule has 5 atom stereocenters. The van der Waals surface area contributed by atoms with Gasteiger partial charge in [0, 0.05) is 25.7 Å². The van der Waals surface area contributed by atoms with Gasteiger partial charge in [-0.05, 0) is 24.8 Å². The topological polar surface area (TPSA) is 127 Å². The summed E-state index contributed by atoms with van der Waals surface area (Å²) >= 11 is 0. The Labute approximate surface area is 158 Å². The van der Waals surface area contributed by atoms with E-state index in [4.69, 9.17) is 5.73 Å². The van der Waals surface area contributed by atoms with E-state index >= 15 is 0 Å². The van der Waals surface area contributed by atoms with Crippen molar-refractivity contribution in [3.05, 3.63) is 35.9 Å². The molecule has 0 radical (unpaired) electrons. The van der Waals surface area contributed by atoms with Crippen LogP contribution in [0.2, 0.25) is 0 Å². The number of carbonyl (C=O) groups excluding carboxylic acids is 2. The van der Waals surface area contributed by atoms with Crippen molar-refractivity contribution in [2.45, 2.75) is 49.7 Å².